The minimum atomic E-state index is -0.384. The highest BCUT2D eigenvalue weighted by Gasteiger charge is 2.15. The number of nitrogens with one attached hydrogen (secondary N) is 1. The second-order valence-corrected chi connectivity index (χ2v) is 8.55. The third-order valence-electron chi connectivity index (χ3n) is 5.97. The smallest absolute Gasteiger partial charge is 0.335 e. The fourth-order valence-electron chi connectivity index (χ4n) is 3.93. The largest absolute Gasteiger partial charge is 0.489 e. The van der Waals surface area contributed by atoms with Crippen LogP contribution in [0.25, 0.3) is 5.69 Å². The van der Waals surface area contributed by atoms with Gasteiger partial charge in [0.15, 0.2) is 0 Å². The van der Waals surface area contributed by atoms with Crippen LogP contribution in [0.5, 0.6) is 5.75 Å². The number of nitrogens with zero attached hydrogens (tertiary/aromatic N) is 3. The van der Waals surface area contributed by atoms with Crippen molar-refractivity contribution in [3.05, 3.63) is 70.0 Å². The van der Waals surface area contributed by atoms with Crippen LogP contribution in [-0.2, 0) is 13.0 Å². The molecule has 2 amide bonds. The normalized spacial score (nSPS) is 10.9. The highest BCUT2D eigenvalue weighted by atomic mass is 16.5. The number of hydrogen-bond donors (Lipinski definition) is 2. The van der Waals surface area contributed by atoms with Crippen LogP contribution < -0.4 is 15.9 Å². The van der Waals surface area contributed by atoms with E-state index in [1.54, 1.807) is 0 Å². The first-order chi connectivity index (χ1) is 15.7. The number of unbranched alkanes of at least 4 members (excludes halogenated alkanes) is 1. The second kappa shape index (κ2) is 10.5. The Balaban J connectivity index is 1.80. The van der Waals surface area contributed by atoms with Crippen LogP contribution in [0.2, 0.25) is 0 Å². The second-order valence-electron chi connectivity index (χ2n) is 8.55. The van der Waals surface area contributed by atoms with Gasteiger partial charge in [-0.25, -0.2) is 15.3 Å². The van der Waals surface area contributed by atoms with Gasteiger partial charge in [0.05, 0.1) is 11.4 Å². The van der Waals surface area contributed by atoms with Gasteiger partial charge in [0, 0.05) is 24.0 Å². The number of aryl methyl sites for hydroxylation is 3. The standard InChI is InChI=1S/C26H35N5O2/c1-7-8-11-22-19(4)29-31(20(22)5)21-13-14-25(18(3)15-21)33-16-23-17(2)10-9-12-24(23)28-26(32)30(6)27/h9-10,12-15H,7-8,11,16,27H2,1-6H3,(H,28,32). The molecule has 176 valence electrons. The van der Waals surface area contributed by atoms with Gasteiger partial charge in [-0.1, -0.05) is 25.5 Å². The molecule has 3 N–H and O–H groups in total. The molecule has 33 heavy (non-hydrogen) atoms. The van der Waals surface area contributed by atoms with Gasteiger partial charge < -0.3 is 10.1 Å². The molecule has 0 saturated carbocycles. The number of nitrogens with two attached hydrogens (primary N) is 1. The summed E-state index contributed by atoms with van der Waals surface area (Å²) in [5.41, 5.74) is 8.31. The van der Waals surface area contributed by atoms with Crippen LogP contribution in [0.1, 0.15) is 53.4 Å². The van der Waals surface area contributed by atoms with Gasteiger partial charge in [0.2, 0.25) is 0 Å². The van der Waals surface area contributed by atoms with Crippen molar-refractivity contribution in [3.63, 3.8) is 0 Å². The minimum Gasteiger partial charge on any atom is -0.489 e. The van der Waals surface area contributed by atoms with E-state index in [9.17, 15) is 4.79 Å². The van der Waals surface area contributed by atoms with Crippen molar-refractivity contribution in [3.8, 4) is 11.4 Å². The van der Waals surface area contributed by atoms with Crippen LogP contribution in [-0.4, -0.2) is 27.9 Å². The molecule has 1 heterocycles. The first kappa shape index (κ1) is 24.3. The minimum absolute atomic E-state index is 0.331. The molecule has 0 aliphatic carbocycles. The highest BCUT2D eigenvalue weighted by molar-refractivity contribution is 5.89. The summed E-state index contributed by atoms with van der Waals surface area (Å²) in [6.45, 7) is 10.8. The van der Waals surface area contributed by atoms with Crippen LogP contribution in [0, 0.1) is 27.7 Å². The van der Waals surface area contributed by atoms with Crippen molar-refractivity contribution in [2.45, 2.75) is 60.5 Å². The molecular weight excluding hydrogens is 414 g/mol. The van der Waals surface area contributed by atoms with E-state index in [4.69, 9.17) is 15.7 Å². The number of urea groups is 1. The van der Waals surface area contributed by atoms with E-state index in [2.05, 4.69) is 32.2 Å². The number of hydrazine groups is 1. The maximum Gasteiger partial charge on any atom is 0.335 e. The average Bonchev–Trinajstić information content (AvgIpc) is 3.05. The van der Waals surface area contributed by atoms with Crippen molar-refractivity contribution in [1.82, 2.24) is 14.8 Å². The number of carbonyl (C=O) groups is 1. The molecule has 0 atom stereocenters. The van der Waals surface area contributed by atoms with Gasteiger partial charge in [-0.05, 0) is 81.5 Å². The Morgan fingerprint density at radius 3 is 2.55 bits per heavy atom. The lowest BCUT2D eigenvalue weighted by Gasteiger charge is -2.18. The summed E-state index contributed by atoms with van der Waals surface area (Å²) >= 11 is 0. The monoisotopic (exact) mass is 449 g/mol. The van der Waals surface area contributed by atoms with Gasteiger partial charge in [-0.2, -0.15) is 5.10 Å². The number of aromatic nitrogens is 2. The van der Waals surface area contributed by atoms with Crippen molar-refractivity contribution in [2.24, 2.45) is 5.84 Å². The number of benzene rings is 2. The quantitative estimate of drug-likeness (QED) is 0.275. The van der Waals surface area contributed by atoms with Crippen LogP contribution in [0.3, 0.4) is 0 Å². The summed E-state index contributed by atoms with van der Waals surface area (Å²) in [5.74, 6) is 6.34. The van der Waals surface area contributed by atoms with Gasteiger partial charge in [0.25, 0.3) is 0 Å². The topological polar surface area (TPSA) is 85.4 Å². The highest BCUT2D eigenvalue weighted by Crippen LogP contribution is 2.27. The van der Waals surface area contributed by atoms with E-state index in [1.165, 1.54) is 31.1 Å². The predicted octanol–water partition coefficient (Wildman–Crippen LogP) is 5.36. The Bertz CT molecular complexity index is 1130. The molecule has 0 aliphatic heterocycles. The first-order valence-corrected chi connectivity index (χ1v) is 11.4. The number of hydrogen-bond acceptors (Lipinski definition) is 4. The maximum atomic E-state index is 12.0. The summed E-state index contributed by atoms with van der Waals surface area (Å²) < 4.78 is 8.19. The molecule has 0 spiro atoms. The maximum absolute atomic E-state index is 12.0. The molecular formula is C26H35N5O2. The van der Waals surface area contributed by atoms with Gasteiger partial charge in [0.1, 0.15) is 12.4 Å². The molecule has 2 aromatic carbocycles. The average molecular weight is 450 g/mol. The molecule has 0 unspecified atom stereocenters. The summed E-state index contributed by atoms with van der Waals surface area (Å²) in [6.07, 6.45) is 3.40. The number of carbonyl (C=O) groups excluding carboxylic acids is 1. The summed E-state index contributed by atoms with van der Waals surface area (Å²) in [7, 11) is 1.50. The fourth-order valence-corrected chi connectivity index (χ4v) is 3.93. The lowest BCUT2D eigenvalue weighted by molar-refractivity contribution is 0.223. The molecule has 0 radical (unpaired) electrons. The number of rotatable bonds is 8. The molecule has 0 bridgehead atoms. The lowest BCUT2D eigenvalue weighted by Crippen LogP contribution is -2.37. The number of anilines is 1. The van der Waals surface area contributed by atoms with E-state index < -0.39 is 0 Å². The van der Waals surface area contributed by atoms with E-state index >= 15 is 0 Å². The third-order valence-corrected chi connectivity index (χ3v) is 5.97. The Morgan fingerprint density at radius 1 is 1.12 bits per heavy atom. The van der Waals surface area contributed by atoms with Crippen LogP contribution in [0.4, 0.5) is 10.5 Å². The van der Waals surface area contributed by atoms with E-state index in [0.717, 1.165) is 45.3 Å². The van der Waals surface area contributed by atoms with E-state index in [0.29, 0.717) is 12.3 Å². The molecule has 1 aromatic heterocycles. The van der Waals surface area contributed by atoms with Crippen molar-refractivity contribution in [1.29, 1.82) is 0 Å². The molecule has 3 rings (SSSR count). The molecule has 7 nitrogen and oxygen atoms in total. The fraction of sp³-hybridized carbons (Fsp3) is 0.385. The third kappa shape index (κ3) is 5.54. The summed E-state index contributed by atoms with van der Waals surface area (Å²) in [6, 6.07) is 11.5. The van der Waals surface area contributed by atoms with Gasteiger partial charge in [-0.3, -0.25) is 5.01 Å². The van der Waals surface area contributed by atoms with E-state index in [1.807, 2.05) is 48.9 Å². The Morgan fingerprint density at radius 2 is 1.88 bits per heavy atom. The molecule has 0 aliphatic rings. The molecule has 0 fully saturated rings. The van der Waals surface area contributed by atoms with Crippen molar-refractivity contribution < 1.29 is 9.53 Å². The molecule has 0 saturated heterocycles. The van der Waals surface area contributed by atoms with Crippen LogP contribution >= 0.6 is 0 Å². The zero-order valence-electron chi connectivity index (χ0n) is 20.5. The summed E-state index contributed by atoms with van der Waals surface area (Å²) in [5, 5.41) is 8.63. The van der Waals surface area contributed by atoms with Gasteiger partial charge in [-0.15, -0.1) is 0 Å². The zero-order chi connectivity index (χ0) is 24.1. The van der Waals surface area contributed by atoms with Crippen LogP contribution in [0.15, 0.2) is 36.4 Å². The number of ether oxygens (including phenoxy) is 1. The van der Waals surface area contributed by atoms with Crippen molar-refractivity contribution >= 4 is 11.7 Å². The Hall–Kier alpha value is -3.32. The molecule has 3 aromatic rings. The predicted molar refractivity (Wildman–Crippen MR) is 133 cm³/mol. The molecule has 7 heteroatoms. The number of amides is 2. The lowest BCUT2D eigenvalue weighted by atomic mass is 10.1. The summed E-state index contributed by atoms with van der Waals surface area (Å²) in [4.78, 5) is 12.0. The van der Waals surface area contributed by atoms with Gasteiger partial charge >= 0.3 is 6.03 Å². The Kier molecular flexibility index (Phi) is 7.76. The first-order valence-electron chi connectivity index (χ1n) is 11.4. The Labute approximate surface area is 196 Å². The van der Waals surface area contributed by atoms with E-state index in [-0.39, 0.29) is 6.03 Å². The SMILES string of the molecule is CCCCc1c(C)nn(-c2ccc(OCc3c(C)cccc3NC(=O)N(C)N)c(C)c2)c1C. The van der Waals surface area contributed by atoms with Crippen molar-refractivity contribution in [2.75, 3.05) is 12.4 Å². The zero-order valence-corrected chi connectivity index (χ0v) is 20.5.